The molecular weight excluding hydrogens is 427 g/mol. The standard InChI is InChI=1S/C16H21N2O7PS2/c1-16(2)15(26(23,24-3)25-4)18-12(20)10(13(18)28-16)17-11(19)9(14(21)22)8-6-5-7-27-8/h5-7,9-10,13,15H,1-4H3,(H,17,19)(H,21,22)/t9?,10?,13-,15?/m0/s1. The summed E-state index contributed by atoms with van der Waals surface area (Å²) in [5.41, 5.74) is 0. The van der Waals surface area contributed by atoms with Crippen LogP contribution in [0.4, 0.5) is 0 Å². The first-order valence-corrected chi connectivity index (χ1v) is 11.7. The molecule has 1 aromatic heterocycles. The Kier molecular flexibility index (Phi) is 5.68. The molecule has 0 spiro atoms. The van der Waals surface area contributed by atoms with Gasteiger partial charge in [-0.15, -0.1) is 23.1 Å². The molecule has 2 aliphatic rings. The highest BCUT2D eigenvalue weighted by atomic mass is 32.2. The van der Waals surface area contributed by atoms with Crippen LogP contribution < -0.4 is 5.32 Å². The molecule has 2 fully saturated rings. The molecule has 2 saturated heterocycles. The fraction of sp³-hybridized carbons (Fsp3) is 0.562. The molecule has 0 aliphatic carbocycles. The highest BCUT2D eigenvalue weighted by molar-refractivity contribution is 8.02. The second kappa shape index (κ2) is 7.46. The minimum atomic E-state index is -3.59. The number of nitrogens with one attached hydrogen (secondary N) is 1. The number of carboxylic acid groups (broad SMARTS) is 1. The molecule has 1 aromatic rings. The quantitative estimate of drug-likeness (QED) is 0.369. The maximum Gasteiger partial charge on any atom is 0.353 e. The lowest BCUT2D eigenvalue weighted by molar-refractivity contribution is -0.152. The molecule has 9 nitrogen and oxygen atoms in total. The van der Waals surface area contributed by atoms with Gasteiger partial charge in [0.05, 0.1) is 0 Å². The third-order valence-electron chi connectivity index (χ3n) is 4.83. The second-order valence-electron chi connectivity index (χ2n) is 6.91. The predicted molar refractivity (Wildman–Crippen MR) is 104 cm³/mol. The van der Waals surface area contributed by atoms with E-state index < -0.39 is 53.2 Å². The summed E-state index contributed by atoms with van der Waals surface area (Å²) in [4.78, 5) is 38.7. The summed E-state index contributed by atoms with van der Waals surface area (Å²) >= 11 is 2.53. The van der Waals surface area contributed by atoms with Gasteiger partial charge in [0.1, 0.15) is 17.2 Å². The van der Waals surface area contributed by atoms with Crippen molar-refractivity contribution >= 4 is 48.5 Å². The molecule has 0 bridgehead atoms. The lowest BCUT2D eigenvalue weighted by Crippen LogP contribution is -2.69. The van der Waals surface area contributed by atoms with Crippen LogP contribution in [0.1, 0.15) is 24.6 Å². The summed E-state index contributed by atoms with van der Waals surface area (Å²) in [5.74, 6) is -4.68. The number of amides is 2. The van der Waals surface area contributed by atoms with Crippen LogP contribution in [-0.2, 0) is 28.0 Å². The molecule has 4 atom stereocenters. The van der Waals surface area contributed by atoms with Gasteiger partial charge in [0.25, 0.3) is 0 Å². The molecule has 2 amide bonds. The van der Waals surface area contributed by atoms with E-state index in [0.29, 0.717) is 4.88 Å². The Labute approximate surface area is 170 Å². The van der Waals surface area contributed by atoms with Gasteiger partial charge in [0, 0.05) is 23.8 Å². The number of hydrogen-bond acceptors (Lipinski definition) is 8. The second-order valence-corrected chi connectivity index (χ2v) is 12.0. The number of aliphatic carboxylic acids is 1. The lowest BCUT2D eigenvalue weighted by Gasteiger charge is -2.45. The molecule has 0 saturated carbocycles. The minimum absolute atomic E-state index is 0.383. The molecule has 12 heteroatoms. The smallest absolute Gasteiger partial charge is 0.353 e. The molecule has 0 radical (unpaired) electrons. The SMILES string of the molecule is COP(=O)(OC)C1N2C(=O)C(NC(=O)C(C(=O)O)c3cccs3)[C@@H]2SC1(C)C. The van der Waals surface area contributed by atoms with Gasteiger partial charge in [-0.3, -0.25) is 18.9 Å². The predicted octanol–water partition coefficient (Wildman–Crippen LogP) is 1.91. The van der Waals surface area contributed by atoms with E-state index in [0.717, 1.165) is 11.3 Å². The number of β-lactam (4-membered cyclic amide) rings is 1. The van der Waals surface area contributed by atoms with E-state index in [-0.39, 0.29) is 0 Å². The monoisotopic (exact) mass is 448 g/mol. The van der Waals surface area contributed by atoms with Crippen molar-refractivity contribution in [2.45, 2.75) is 41.7 Å². The van der Waals surface area contributed by atoms with Gasteiger partial charge in [-0.1, -0.05) is 6.07 Å². The van der Waals surface area contributed by atoms with Crippen LogP contribution in [0.2, 0.25) is 0 Å². The fourth-order valence-corrected chi connectivity index (χ4v) is 8.44. The highest BCUT2D eigenvalue weighted by Crippen LogP contribution is 2.66. The van der Waals surface area contributed by atoms with Gasteiger partial charge in [-0.25, -0.2) is 0 Å². The van der Waals surface area contributed by atoms with Gasteiger partial charge in [0.2, 0.25) is 11.8 Å². The van der Waals surface area contributed by atoms with Gasteiger partial charge in [0.15, 0.2) is 5.92 Å². The van der Waals surface area contributed by atoms with Crippen molar-refractivity contribution in [3.05, 3.63) is 22.4 Å². The molecule has 0 aromatic carbocycles. The zero-order valence-electron chi connectivity index (χ0n) is 15.6. The zero-order chi connectivity index (χ0) is 20.9. The fourth-order valence-electron chi connectivity index (χ4n) is 3.57. The molecular formula is C16H21N2O7PS2. The molecule has 28 heavy (non-hydrogen) atoms. The average Bonchev–Trinajstić information content (AvgIpc) is 3.23. The van der Waals surface area contributed by atoms with Crippen LogP contribution >= 0.6 is 30.7 Å². The first-order valence-electron chi connectivity index (χ1n) is 8.35. The number of carboxylic acids is 1. The molecule has 3 heterocycles. The summed E-state index contributed by atoms with van der Waals surface area (Å²) in [6.07, 6.45) is 0. The summed E-state index contributed by atoms with van der Waals surface area (Å²) in [7, 11) is -1.06. The van der Waals surface area contributed by atoms with Crippen molar-refractivity contribution in [1.29, 1.82) is 0 Å². The van der Waals surface area contributed by atoms with Crippen LogP contribution in [0.3, 0.4) is 0 Å². The maximum absolute atomic E-state index is 13.0. The maximum atomic E-state index is 13.0. The molecule has 3 rings (SSSR count). The first-order chi connectivity index (χ1) is 13.1. The van der Waals surface area contributed by atoms with Crippen LogP contribution in [-0.4, -0.2) is 64.0 Å². The van der Waals surface area contributed by atoms with Crippen LogP contribution in [0.25, 0.3) is 0 Å². The summed E-state index contributed by atoms with van der Waals surface area (Å²) in [6.45, 7) is 3.65. The number of nitrogens with zero attached hydrogens (tertiary/aromatic N) is 1. The third-order valence-corrected chi connectivity index (χ3v) is 10.0. The van der Waals surface area contributed by atoms with Gasteiger partial charge < -0.3 is 24.4 Å². The van der Waals surface area contributed by atoms with Gasteiger partial charge >= 0.3 is 13.6 Å². The Morgan fingerprint density at radius 3 is 2.50 bits per heavy atom. The topological polar surface area (TPSA) is 122 Å². The number of carbonyl (C=O) groups excluding carboxylic acids is 2. The molecule has 2 N–H and O–H groups in total. The number of thioether (sulfide) groups is 1. The third kappa shape index (κ3) is 3.29. The highest BCUT2D eigenvalue weighted by Gasteiger charge is 2.67. The Balaban J connectivity index is 1.81. The molecule has 2 aliphatic heterocycles. The van der Waals surface area contributed by atoms with Gasteiger partial charge in [-0.05, 0) is 25.3 Å². The van der Waals surface area contributed by atoms with Crippen molar-refractivity contribution < 1.29 is 33.1 Å². The summed E-state index contributed by atoms with van der Waals surface area (Å²) in [5, 5.41) is 13.2. The van der Waals surface area contributed by atoms with Crippen molar-refractivity contribution in [2.75, 3.05) is 14.2 Å². The minimum Gasteiger partial charge on any atom is -0.480 e. The molecule has 154 valence electrons. The Hall–Kier alpha value is -1.39. The van der Waals surface area contributed by atoms with Crippen LogP contribution in [0, 0.1) is 0 Å². The van der Waals surface area contributed by atoms with E-state index in [1.54, 1.807) is 17.5 Å². The summed E-state index contributed by atoms with van der Waals surface area (Å²) in [6, 6.07) is 2.33. The van der Waals surface area contributed by atoms with Crippen molar-refractivity contribution in [2.24, 2.45) is 0 Å². The van der Waals surface area contributed by atoms with Gasteiger partial charge in [-0.2, -0.15) is 0 Å². The normalized spacial score (nSPS) is 27.1. The zero-order valence-corrected chi connectivity index (χ0v) is 18.2. The average molecular weight is 448 g/mol. The number of rotatable bonds is 7. The largest absolute Gasteiger partial charge is 0.480 e. The van der Waals surface area contributed by atoms with E-state index in [1.807, 2.05) is 13.8 Å². The molecule has 3 unspecified atom stereocenters. The van der Waals surface area contributed by atoms with E-state index in [4.69, 9.17) is 9.05 Å². The summed E-state index contributed by atoms with van der Waals surface area (Å²) < 4.78 is 22.5. The lowest BCUT2D eigenvalue weighted by atomic mass is 10.0. The Bertz CT molecular complexity index is 836. The number of fused-ring (bicyclic) bond motifs is 1. The van der Waals surface area contributed by atoms with Crippen molar-refractivity contribution in [3.63, 3.8) is 0 Å². The van der Waals surface area contributed by atoms with Crippen LogP contribution in [0.15, 0.2) is 17.5 Å². The van der Waals surface area contributed by atoms with E-state index >= 15 is 0 Å². The Morgan fingerprint density at radius 1 is 1.36 bits per heavy atom. The first kappa shape index (κ1) is 21.3. The number of hydrogen-bond donors (Lipinski definition) is 2. The van der Waals surface area contributed by atoms with Crippen molar-refractivity contribution in [3.8, 4) is 0 Å². The Morgan fingerprint density at radius 2 is 2.00 bits per heavy atom. The van der Waals surface area contributed by atoms with E-state index in [2.05, 4.69) is 5.32 Å². The van der Waals surface area contributed by atoms with E-state index in [9.17, 15) is 24.1 Å². The number of carbonyl (C=O) groups is 3. The van der Waals surface area contributed by atoms with Crippen molar-refractivity contribution in [1.82, 2.24) is 10.2 Å². The van der Waals surface area contributed by atoms with Crippen LogP contribution in [0.5, 0.6) is 0 Å². The van der Waals surface area contributed by atoms with E-state index in [1.165, 1.54) is 30.9 Å². The number of thiophene rings is 1.